The minimum Gasteiger partial charge on any atom is -0.492 e. The molecule has 1 fully saturated rings. The molecule has 31 heavy (non-hydrogen) atoms. The van der Waals surface area contributed by atoms with Crippen LogP contribution >= 0.6 is 11.3 Å². The van der Waals surface area contributed by atoms with E-state index in [9.17, 15) is 13.2 Å². The molecule has 1 aliphatic heterocycles. The van der Waals surface area contributed by atoms with Crippen molar-refractivity contribution in [1.29, 1.82) is 0 Å². The highest BCUT2D eigenvalue weighted by atomic mass is 32.2. The number of amides is 1. The molecule has 2 aromatic heterocycles. The SMILES string of the molecule is CCOc1ccccc1NS(=O)(=O)c1cc(-c2nnc(C(=O)N3CCCC3)o2)sc1C. The van der Waals surface area contributed by atoms with E-state index in [1.807, 2.05) is 6.92 Å². The number of carbonyl (C=O) groups excluding carboxylic acids is 1. The molecule has 0 saturated carbocycles. The van der Waals surface area contributed by atoms with Gasteiger partial charge >= 0.3 is 11.8 Å². The van der Waals surface area contributed by atoms with E-state index in [2.05, 4.69) is 14.9 Å². The second-order valence-corrected chi connectivity index (χ2v) is 9.88. The van der Waals surface area contributed by atoms with E-state index >= 15 is 0 Å². The standard InChI is InChI=1S/C20H22N4O5S2/c1-3-28-15-9-5-4-8-14(15)23-31(26,27)17-12-16(30-13(17)2)18-21-22-19(29-18)20(25)24-10-6-7-11-24/h4-5,8-9,12,23H,3,6-7,10-11H2,1-2H3. The van der Waals surface area contributed by atoms with E-state index < -0.39 is 10.0 Å². The summed E-state index contributed by atoms with van der Waals surface area (Å²) in [4.78, 5) is 15.2. The van der Waals surface area contributed by atoms with E-state index in [0.717, 1.165) is 12.8 Å². The largest absolute Gasteiger partial charge is 0.492 e. The Kier molecular flexibility index (Phi) is 5.96. The molecule has 0 unspecified atom stereocenters. The zero-order valence-corrected chi connectivity index (χ0v) is 18.8. The number of ether oxygens (including phenoxy) is 1. The highest BCUT2D eigenvalue weighted by molar-refractivity contribution is 7.93. The highest BCUT2D eigenvalue weighted by Crippen LogP contribution is 2.35. The Labute approximate surface area is 184 Å². The quantitative estimate of drug-likeness (QED) is 0.571. The number of para-hydroxylation sites is 2. The van der Waals surface area contributed by atoms with Crippen molar-refractivity contribution in [2.24, 2.45) is 0 Å². The summed E-state index contributed by atoms with van der Waals surface area (Å²) < 4.78 is 39.7. The lowest BCUT2D eigenvalue weighted by Gasteiger charge is -2.12. The Morgan fingerprint density at radius 3 is 2.74 bits per heavy atom. The molecular formula is C20H22N4O5S2. The minimum atomic E-state index is -3.88. The monoisotopic (exact) mass is 462 g/mol. The molecule has 164 valence electrons. The van der Waals surface area contributed by atoms with Crippen LogP contribution in [0.2, 0.25) is 0 Å². The fourth-order valence-corrected chi connectivity index (χ4v) is 5.92. The maximum absolute atomic E-state index is 13.0. The van der Waals surface area contributed by atoms with Crippen LogP contribution in [-0.4, -0.2) is 49.1 Å². The summed E-state index contributed by atoms with van der Waals surface area (Å²) in [6.07, 6.45) is 1.91. The van der Waals surface area contributed by atoms with E-state index in [0.29, 0.717) is 40.9 Å². The van der Waals surface area contributed by atoms with Gasteiger partial charge in [0.1, 0.15) is 10.6 Å². The predicted octanol–water partition coefficient (Wildman–Crippen LogP) is 3.54. The molecule has 0 aliphatic carbocycles. The molecule has 1 N–H and O–H groups in total. The van der Waals surface area contributed by atoms with Crippen molar-refractivity contribution in [3.05, 3.63) is 41.1 Å². The molecule has 1 aliphatic rings. The van der Waals surface area contributed by atoms with Crippen molar-refractivity contribution in [2.75, 3.05) is 24.4 Å². The molecule has 4 rings (SSSR count). The number of likely N-dealkylation sites (tertiary alicyclic amines) is 1. The summed E-state index contributed by atoms with van der Waals surface area (Å²) in [7, 11) is -3.88. The number of hydrogen-bond donors (Lipinski definition) is 1. The zero-order chi connectivity index (χ0) is 22.0. The Hall–Kier alpha value is -2.92. The van der Waals surface area contributed by atoms with E-state index in [1.165, 1.54) is 17.4 Å². The first-order valence-corrected chi connectivity index (χ1v) is 12.2. The molecule has 0 bridgehead atoms. The van der Waals surface area contributed by atoms with Gasteiger partial charge in [-0.3, -0.25) is 9.52 Å². The van der Waals surface area contributed by atoms with Crippen LogP contribution < -0.4 is 9.46 Å². The first-order chi connectivity index (χ1) is 14.9. The second-order valence-electron chi connectivity index (χ2n) is 6.98. The van der Waals surface area contributed by atoms with Crippen LogP contribution in [0.1, 0.15) is 35.3 Å². The van der Waals surface area contributed by atoms with Gasteiger partial charge in [-0.25, -0.2) is 8.42 Å². The first kappa shape index (κ1) is 21.3. The van der Waals surface area contributed by atoms with Gasteiger partial charge < -0.3 is 14.1 Å². The molecule has 1 aromatic carbocycles. The highest BCUT2D eigenvalue weighted by Gasteiger charge is 2.27. The number of nitrogens with zero attached hydrogens (tertiary/aromatic N) is 3. The van der Waals surface area contributed by atoms with Gasteiger partial charge in [-0.15, -0.1) is 21.5 Å². The average molecular weight is 463 g/mol. The number of sulfonamides is 1. The van der Waals surface area contributed by atoms with Crippen molar-refractivity contribution in [2.45, 2.75) is 31.6 Å². The Bertz CT molecular complexity index is 1200. The average Bonchev–Trinajstić information content (AvgIpc) is 3.49. The number of aromatic nitrogens is 2. The number of rotatable bonds is 7. The predicted molar refractivity (Wildman–Crippen MR) is 116 cm³/mol. The Morgan fingerprint density at radius 2 is 2.00 bits per heavy atom. The van der Waals surface area contributed by atoms with Gasteiger partial charge in [0.05, 0.1) is 17.2 Å². The number of aryl methyl sites for hydroxylation is 1. The smallest absolute Gasteiger partial charge is 0.311 e. The number of benzene rings is 1. The van der Waals surface area contributed by atoms with E-state index in [1.54, 1.807) is 36.1 Å². The minimum absolute atomic E-state index is 0.0869. The molecule has 3 aromatic rings. The van der Waals surface area contributed by atoms with Crippen molar-refractivity contribution >= 4 is 33.0 Å². The number of carbonyl (C=O) groups is 1. The lowest BCUT2D eigenvalue weighted by molar-refractivity contribution is 0.0754. The molecule has 3 heterocycles. The normalized spacial score (nSPS) is 14.1. The fourth-order valence-electron chi connectivity index (χ4n) is 3.33. The number of anilines is 1. The van der Waals surface area contributed by atoms with Gasteiger partial charge in [0.2, 0.25) is 0 Å². The van der Waals surface area contributed by atoms with E-state index in [4.69, 9.17) is 9.15 Å². The van der Waals surface area contributed by atoms with Crippen LogP contribution in [0.4, 0.5) is 5.69 Å². The lowest BCUT2D eigenvalue weighted by Crippen LogP contribution is -2.27. The van der Waals surface area contributed by atoms with Gasteiger partial charge in [-0.2, -0.15) is 0 Å². The molecule has 1 amide bonds. The first-order valence-electron chi connectivity index (χ1n) is 9.87. The molecule has 11 heteroatoms. The lowest BCUT2D eigenvalue weighted by atomic mass is 10.3. The van der Waals surface area contributed by atoms with Crippen molar-refractivity contribution in [1.82, 2.24) is 15.1 Å². The van der Waals surface area contributed by atoms with E-state index in [-0.39, 0.29) is 22.6 Å². The second kappa shape index (κ2) is 8.67. The molecule has 9 nitrogen and oxygen atoms in total. The van der Waals surface area contributed by atoms with Crippen LogP contribution in [0.3, 0.4) is 0 Å². The summed E-state index contributed by atoms with van der Waals surface area (Å²) in [6.45, 7) is 5.28. The molecule has 1 saturated heterocycles. The summed E-state index contributed by atoms with van der Waals surface area (Å²) in [5.41, 5.74) is 0.354. The maximum atomic E-state index is 13.0. The molecular weight excluding hydrogens is 440 g/mol. The number of thiophene rings is 1. The maximum Gasteiger partial charge on any atom is 0.311 e. The zero-order valence-electron chi connectivity index (χ0n) is 17.1. The molecule has 0 spiro atoms. The van der Waals surface area contributed by atoms with Crippen LogP contribution in [0, 0.1) is 6.92 Å². The summed E-state index contributed by atoms with van der Waals surface area (Å²) in [5.74, 6) is 0.179. The van der Waals surface area contributed by atoms with Crippen LogP contribution in [-0.2, 0) is 10.0 Å². The van der Waals surface area contributed by atoms with Gasteiger partial charge in [-0.1, -0.05) is 12.1 Å². The number of hydrogen-bond acceptors (Lipinski definition) is 8. The van der Waals surface area contributed by atoms with Gasteiger partial charge in [-0.05, 0) is 44.9 Å². The fraction of sp³-hybridized carbons (Fsp3) is 0.350. The summed E-state index contributed by atoms with van der Waals surface area (Å²) in [5, 5.41) is 7.80. The third-order valence-electron chi connectivity index (χ3n) is 4.80. The Morgan fingerprint density at radius 1 is 1.26 bits per heavy atom. The van der Waals surface area contributed by atoms with Gasteiger partial charge in [0, 0.05) is 18.0 Å². The topological polar surface area (TPSA) is 115 Å². The van der Waals surface area contributed by atoms with Crippen LogP contribution in [0.25, 0.3) is 10.8 Å². The van der Waals surface area contributed by atoms with Crippen molar-refractivity contribution < 1.29 is 22.4 Å². The molecule has 0 atom stereocenters. The third-order valence-corrected chi connectivity index (χ3v) is 7.46. The molecule has 0 radical (unpaired) electrons. The van der Waals surface area contributed by atoms with Crippen molar-refractivity contribution in [3.63, 3.8) is 0 Å². The van der Waals surface area contributed by atoms with Gasteiger partial charge in [0.25, 0.3) is 15.9 Å². The third kappa shape index (κ3) is 4.42. The summed E-state index contributed by atoms with van der Waals surface area (Å²) in [6, 6.07) is 8.31. The van der Waals surface area contributed by atoms with Gasteiger partial charge in [0.15, 0.2) is 0 Å². The Balaban J connectivity index is 1.58. The number of nitrogens with one attached hydrogen (secondary N) is 1. The summed E-state index contributed by atoms with van der Waals surface area (Å²) >= 11 is 1.21. The van der Waals surface area contributed by atoms with Crippen LogP contribution in [0.15, 0.2) is 39.6 Å². The van der Waals surface area contributed by atoms with Crippen LogP contribution in [0.5, 0.6) is 5.75 Å². The van der Waals surface area contributed by atoms with Crippen molar-refractivity contribution in [3.8, 4) is 16.5 Å².